The molecule has 1 amide bonds. The van der Waals surface area contributed by atoms with E-state index in [2.05, 4.69) is 31.3 Å². The Morgan fingerprint density at radius 3 is 2.72 bits per heavy atom. The molecule has 0 aliphatic heterocycles. The predicted octanol–water partition coefficient (Wildman–Crippen LogP) is 5.55. The molecule has 29 heavy (non-hydrogen) atoms. The Morgan fingerprint density at radius 1 is 1.31 bits per heavy atom. The number of amides is 1. The van der Waals surface area contributed by atoms with Crippen molar-refractivity contribution in [2.75, 3.05) is 6.54 Å². The monoisotopic (exact) mass is 486 g/mol. The molecule has 5 nitrogen and oxygen atoms in total. The van der Waals surface area contributed by atoms with Crippen molar-refractivity contribution in [3.8, 4) is 10.6 Å². The van der Waals surface area contributed by atoms with Gasteiger partial charge in [-0.1, -0.05) is 25.3 Å². The van der Waals surface area contributed by atoms with E-state index in [1.54, 1.807) is 17.5 Å². The van der Waals surface area contributed by atoms with Crippen LogP contribution in [-0.4, -0.2) is 27.0 Å². The van der Waals surface area contributed by atoms with Gasteiger partial charge in [0, 0.05) is 6.54 Å². The number of rotatable bonds is 4. The minimum Gasteiger partial charge on any atom is -0.350 e. The van der Waals surface area contributed by atoms with E-state index in [9.17, 15) is 18.0 Å². The SMILES string of the molecule is O=C(NCC1CCCCC1)c1nn2c(C(F)(F)F)cc(-c3cccs3)nc2c1Br. The highest BCUT2D eigenvalue weighted by atomic mass is 79.9. The van der Waals surface area contributed by atoms with Gasteiger partial charge in [0.2, 0.25) is 0 Å². The number of hydrogen-bond donors (Lipinski definition) is 1. The summed E-state index contributed by atoms with van der Waals surface area (Å²) in [5.74, 6) is -0.100. The van der Waals surface area contributed by atoms with Crippen LogP contribution in [0.3, 0.4) is 0 Å². The number of nitrogens with zero attached hydrogens (tertiary/aromatic N) is 3. The van der Waals surface area contributed by atoms with Crippen LogP contribution in [0, 0.1) is 5.92 Å². The lowest BCUT2D eigenvalue weighted by Gasteiger charge is -2.21. The molecule has 3 heterocycles. The van der Waals surface area contributed by atoms with E-state index in [0.29, 0.717) is 21.9 Å². The van der Waals surface area contributed by atoms with Gasteiger partial charge < -0.3 is 5.32 Å². The van der Waals surface area contributed by atoms with Crippen molar-refractivity contribution in [1.29, 1.82) is 0 Å². The molecule has 1 saturated carbocycles. The first kappa shape index (κ1) is 20.3. The van der Waals surface area contributed by atoms with Gasteiger partial charge in [-0.3, -0.25) is 4.79 Å². The first-order valence-corrected chi connectivity index (χ1v) is 11.0. The average molecular weight is 487 g/mol. The van der Waals surface area contributed by atoms with Crippen LogP contribution in [0.5, 0.6) is 0 Å². The third kappa shape index (κ3) is 4.18. The lowest BCUT2D eigenvalue weighted by atomic mass is 9.89. The Bertz CT molecular complexity index is 1030. The molecule has 154 valence electrons. The normalized spacial score (nSPS) is 15.7. The molecule has 0 aromatic carbocycles. The number of hydrogen-bond acceptors (Lipinski definition) is 4. The van der Waals surface area contributed by atoms with Gasteiger partial charge in [0.15, 0.2) is 17.0 Å². The minimum absolute atomic E-state index is 0.0361. The highest BCUT2D eigenvalue weighted by molar-refractivity contribution is 9.10. The van der Waals surface area contributed by atoms with E-state index >= 15 is 0 Å². The molecular formula is C19H18BrF3N4OS. The Kier molecular flexibility index (Phi) is 5.65. The van der Waals surface area contributed by atoms with Crippen LogP contribution < -0.4 is 5.32 Å². The largest absolute Gasteiger partial charge is 0.433 e. The van der Waals surface area contributed by atoms with Crippen LogP contribution in [0.1, 0.15) is 48.3 Å². The number of carbonyl (C=O) groups excluding carboxylic acids is 1. The average Bonchev–Trinajstić information content (AvgIpc) is 3.34. The Morgan fingerprint density at radius 2 is 2.07 bits per heavy atom. The van der Waals surface area contributed by atoms with Crippen LogP contribution in [0.4, 0.5) is 13.2 Å². The highest BCUT2D eigenvalue weighted by Gasteiger charge is 2.36. The lowest BCUT2D eigenvalue weighted by molar-refractivity contribution is -0.142. The van der Waals surface area contributed by atoms with E-state index in [0.717, 1.165) is 31.7 Å². The van der Waals surface area contributed by atoms with Crippen molar-refractivity contribution in [2.45, 2.75) is 38.3 Å². The predicted molar refractivity (Wildman–Crippen MR) is 108 cm³/mol. The second-order valence-electron chi connectivity index (χ2n) is 7.11. The molecule has 0 spiro atoms. The summed E-state index contributed by atoms with van der Waals surface area (Å²) in [5.41, 5.74) is -0.916. The molecule has 1 aliphatic rings. The van der Waals surface area contributed by atoms with Crippen molar-refractivity contribution >= 4 is 38.8 Å². The van der Waals surface area contributed by atoms with Crippen molar-refractivity contribution in [3.63, 3.8) is 0 Å². The molecule has 0 saturated heterocycles. The molecule has 3 aromatic rings. The second-order valence-corrected chi connectivity index (χ2v) is 8.85. The molecule has 0 radical (unpaired) electrons. The zero-order valence-corrected chi connectivity index (χ0v) is 17.7. The van der Waals surface area contributed by atoms with Gasteiger partial charge >= 0.3 is 6.18 Å². The fourth-order valence-corrected chi connectivity index (χ4v) is 4.80. The summed E-state index contributed by atoms with van der Waals surface area (Å²) >= 11 is 4.54. The highest BCUT2D eigenvalue weighted by Crippen LogP contribution is 2.35. The van der Waals surface area contributed by atoms with Gasteiger partial charge in [0.25, 0.3) is 5.91 Å². The third-order valence-electron chi connectivity index (χ3n) is 5.09. The zero-order chi connectivity index (χ0) is 20.6. The van der Waals surface area contributed by atoms with Crippen LogP contribution in [0.25, 0.3) is 16.2 Å². The maximum Gasteiger partial charge on any atom is 0.433 e. The molecule has 1 N–H and O–H groups in total. The first-order chi connectivity index (χ1) is 13.8. The van der Waals surface area contributed by atoms with E-state index in [1.807, 2.05) is 0 Å². The maximum atomic E-state index is 13.7. The van der Waals surface area contributed by atoms with Crippen molar-refractivity contribution in [3.05, 3.63) is 39.4 Å². The van der Waals surface area contributed by atoms with Crippen molar-refractivity contribution < 1.29 is 18.0 Å². The number of thiophene rings is 1. The summed E-state index contributed by atoms with van der Waals surface area (Å²) < 4.78 is 41.9. The van der Waals surface area contributed by atoms with E-state index in [1.165, 1.54) is 17.8 Å². The summed E-state index contributed by atoms with van der Waals surface area (Å²) in [6, 6.07) is 4.41. The fraction of sp³-hybridized carbons (Fsp3) is 0.421. The number of alkyl halides is 3. The van der Waals surface area contributed by atoms with Gasteiger partial charge in [-0.25, -0.2) is 9.50 Å². The van der Waals surface area contributed by atoms with E-state index < -0.39 is 17.8 Å². The Balaban J connectivity index is 1.70. The summed E-state index contributed by atoms with van der Waals surface area (Å²) in [6.07, 6.45) is 0.953. The van der Waals surface area contributed by atoms with Crippen LogP contribution in [0.2, 0.25) is 0 Å². The first-order valence-electron chi connectivity index (χ1n) is 9.33. The second kappa shape index (κ2) is 8.06. The number of nitrogens with one attached hydrogen (secondary N) is 1. The molecule has 0 atom stereocenters. The van der Waals surface area contributed by atoms with Gasteiger partial charge in [0.05, 0.1) is 15.0 Å². The maximum absolute atomic E-state index is 13.7. The number of aromatic nitrogens is 3. The topological polar surface area (TPSA) is 59.3 Å². The summed E-state index contributed by atoms with van der Waals surface area (Å²) in [6.45, 7) is 0.499. The quantitative estimate of drug-likeness (QED) is 0.525. The smallest absolute Gasteiger partial charge is 0.350 e. The van der Waals surface area contributed by atoms with Gasteiger partial charge in [-0.15, -0.1) is 11.3 Å². The fourth-order valence-electron chi connectivity index (χ4n) is 3.60. The standard InChI is InChI=1S/C19H18BrF3N4OS/c20-15-16(18(28)24-10-11-5-2-1-3-6-11)26-27-14(19(21,22)23)9-12(25-17(15)27)13-7-4-8-29-13/h4,7-9,11H,1-3,5-6,10H2,(H,24,28). The molecule has 1 fully saturated rings. The molecule has 4 rings (SSSR count). The van der Waals surface area contributed by atoms with Gasteiger partial charge in [-0.2, -0.15) is 18.3 Å². The number of halogens is 4. The Labute approximate surface area is 177 Å². The minimum atomic E-state index is -4.64. The summed E-state index contributed by atoms with van der Waals surface area (Å²) in [7, 11) is 0. The molecular weight excluding hydrogens is 469 g/mol. The van der Waals surface area contributed by atoms with Crippen LogP contribution in [0.15, 0.2) is 28.1 Å². The molecule has 3 aromatic heterocycles. The Hall–Kier alpha value is -1.94. The van der Waals surface area contributed by atoms with E-state index in [-0.39, 0.29) is 21.5 Å². The molecule has 1 aliphatic carbocycles. The van der Waals surface area contributed by atoms with Crippen molar-refractivity contribution in [2.24, 2.45) is 5.92 Å². The van der Waals surface area contributed by atoms with Gasteiger partial charge in [-0.05, 0) is 52.2 Å². The molecule has 0 unspecified atom stereocenters. The summed E-state index contributed by atoms with van der Waals surface area (Å²) in [5, 5.41) is 8.53. The third-order valence-corrected chi connectivity index (χ3v) is 6.71. The lowest BCUT2D eigenvalue weighted by Crippen LogP contribution is -2.30. The van der Waals surface area contributed by atoms with Crippen molar-refractivity contribution in [1.82, 2.24) is 19.9 Å². The number of fused-ring (bicyclic) bond motifs is 1. The summed E-state index contributed by atoms with van der Waals surface area (Å²) in [4.78, 5) is 17.6. The zero-order valence-electron chi connectivity index (χ0n) is 15.3. The van der Waals surface area contributed by atoms with E-state index in [4.69, 9.17) is 0 Å². The van der Waals surface area contributed by atoms with Gasteiger partial charge in [0.1, 0.15) is 0 Å². The van der Waals surface area contributed by atoms with Crippen LogP contribution >= 0.6 is 27.3 Å². The molecule has 0 bridgehead atoms. The number of carbonyl (C=O) groups is 1. The van der Waals surface area contributed by atoms with Crippen LogP contribution in [-0.2, 0) is 6.18 Å². The molecule has 10 heteroatoms.